The van der Waals surface area contributed by atoms with Gasteiger partial charge in [0.05, 0.1) is 24.4 Å². The van der Waals surface area contributed by atoms with E-state index < -0.39 is 24.1 Å². The van der Waals surface area contributed by atoms with Gasteiger partial charge in [0.15, 0.2) is 6.10 Å². The molecule has 2 N–H and O–H groups in total. The van der Waals surface area contributed by atoms with E-state index in [0.29, 0.717) is 17.7 Å². The van der Waals surface area contributed by atoms with Crippen molar-refractivity contribution in [1.82, 2.24) is 10.3 Å². The minimum Gasteiger partial charge on any atom is -0.477 e. The molecule has 9 heteroatoms. The van der Waals surface area contributed by atoms with Crippen molar-refractivity contribution in [2.75, 3.05) is 11.4 Å². The Bertz CT molecular complexity index is 920. The van der Waals surface area contributed by atoms with E-state index in [0.717, 1.165) is 31.0 Å². The van der Waals surface area contributed by atoms with Crippen LogP contribution in [0, 0.1) is 0 Å². The van der Waals surface area contributed by atoms with Gasteiger partial charge in [-0.2, -0.15) is 13.2 Å². The van der Waals surface area contributed by atoms with E-state index in [-0.39, 0.29) is 25.0 Å². The van der Waals surface area contributed by atoms with E-state index in [4.69, 9.17) is 4.74 Å². The summed E-state index contributed by atoms with van der Waals surface area (Å²) >= 11 is 0. The van der Waals surface area contributed by atoms with Gasteiger partial charge in [0, 0.05) is 12.7 Å². The Morgan fingerprint density at radius 3 is 2.68 bits per heavy atom. The van der Waals surface area contributed by atoms with E-state index in [9.17, 15) is 23.1 Å². The molecule has 1 amide bonds. The van der Waals surface area contributed by atoms with Crippen molar-refractivity contribution in [2.24, 2.45) is 0 Å². The molecule has 0 radical (unpaired) electrons. The Kier molecular flexibility index (Phi) is 6.04. The van der Waals surface area contributed by atoms with Gasteiger partial charge in [-0.15, -0.1) is 0 Å². The molecule has 1 fully saturated rings. The molecule has 2 heterocycles. The summed E-state index contributed by atoms with van der Waals surface area (Å²) in [6.07, 6.45) is -1.39. The highest BCUT2D eigenvalue weighted by molar-refractivity contribution is 5.83. The molecule has 1 saturated carbocycles. The SMILES string of the molecule is O=C(N[C@H]1CCCC[C@@H]1O)C1CN(Cc2ccc(C(F)(F)F)nc2)c2ccccc2O1. The lowest BCUT2D eigenvalue weighted by Crippen LogP contribution is -2.54. The average Bonchev–Trinajstić information content (AvgIpc) is 2.75. The highest BCUT2D eigenvalue weighted by Crippen LogP contribution is 2.34. The Morgan fingerprint density at radius 2 is 1.97 bits per heavy atom. The number of hydrogen-bond acceptors (Lipinski definition) is 5. The predicted molar refractivity (Wildman–Crippen MR) is 108 cm³/mol. The average molecular weight is 435 g/mol. The number of carbonyl (C=O) groups is 1. The number of anilines is 1. The van der Waals surface area contributed by atoms with Crippen molar-refractivity contribution in [2.45, 2.75) is 56.7 Å². The number of aliphatic hydroxyl groups excluding tert-OH is 1. The minimum absolute atomic E-state index is 0.229. The molecule has 0 saturated heterocycles. The maximum atomic E-state index is 12.9. The second-order valence-electron chi connectivity index (χ2n) is 7.97. The third-order valence-corrected chi connectivity index (χ3v) is 5.70. The van der Waals surface area contributed by atoms with Crippen LogP contribution in [0.5, 0.6) is 5.75 Å². The number of carbonyl (C=O) groups excluding carboxylic acids is 1. The molecule has 1 aromatic carbocycles. The topological polar surface area (TPSA) is 74.7 Å². The summed E-state index contributed by atoms with van der Waals surface area (Å²) in [6.45, 7) is 0.508. The number of alkyl halides is 3. The quantitative estimate of drug-likeness (QED) is 0.771. The van der Waals surface area contributed by atoms with E-state index >= 15 is 0 Å². The number of nitrogens with one attached hydrogen (secondary N) is 1. The van der Waals surface area contributed by atoms with Gasteiger partial charge >= 0.3 is 6.18 Å². The van der Waals surface area contributed by atoms with Gasteiger partial charge in [-0.05, 0) is 36.6 Å². The van der Waals surface area contributed by atoms with Crippen LogP contribution in [0.3, 0.4) is 0 Å². The monoisotopic (exact) mass is 435 g/mol. The number of halogens is 3. The fourth-order valence-electron chi connectivity index (χ4n) is 4.05. The summed E-state index contributed by atoms with van der Waals surface area (Å²) in [5.41, 5.74) is 0.401. The number of benzene rings is 1. The predicted octanol–water partition coefficient (Wildman–Crippen LogP) is 3.29. The Hall–Kier alpha value is -2.81. The summed E-state index contributed by atoms with van der Waals surface area (Å²) in [7, 11) is 0. The molecule has 1 unspecified atom stereocenters. The maximum absolute atomic E-state index is 12.9. The van der Waals surface area contributed by atoms with E-state index in [2.05, 4.69) is 10.3 Å². The van der Waals surface area contributed by atoms with Crippen LogP contribution in [0.25, 0.3) is 0 Å². The number of rotatable bonds is 4. The summed E-state index contributed by atoms with van der Waals surface area (Å²) in [6, 6.07) is 9.27. The van der Waals surface area contributed by atoms with E-state index in [1.165, 1.54) is 12.3 Å². The number of amides is 1. The first-order chi connectivity index (χ1) is 14.8. The molecular formula is C22H24F3N3O3. The van der Waals surface area contributed by atoms with Crippen LogP contribution < -0.4 is 15.0 Å². The maximum Gasteiger partial charge on any atom is 0.433 e. The molecule has 1 aromatic heterocycles. The third-order valence-electron chi connectivity index (χ3n) is 5.70. The van der Waals surface area contributed by atoms with E-state index in [1.54, 1.807) is 12.1 Å². The first-order valence-corrected chi connectivity index (χ1v) is 10.3. The second kappa shape index (κ2) is 8.74. The van der Waals surface area contributed by atoms with Gasteiger partial charge in [0.2, 0.25) is 0 Å². The molecule has 6 nitrogen and oxygen atoms in total. The Morgan fingerprint density at radius 1 is 1.19 bits per heavy atom. The first kappa shape index (κ1) is 21.4. The number of hydrogen-bond donors (Lipinski definition) is 2. The van der Waals surface area contributed by atoms with Gasteiger partial charge in [-0.1, -0.05) is 31.0 Å². The summed E-state index contributed by atoms with van der Waals surface area (Å²) in [4.78, 5) is 18.3. The van der Waals surface area contributed by atoms with Crippen LogP contribution in [-0.4, -0.2) is 40.8 Å². The van der Waals surface area contributed by atoms with Gasteiger partial charge in [-0.3, -0.25) is 9.78 Å². The summed E-state index contributed by atoms with van der Waals surface area (Å²) in [5, 5.41) is 13.0. The van der Waals surface area contributed by atoms with Crippen LogP contribution in [0.1, 0.15) is 36.9 Å². The Balaban J connectivity index is 1.50. The molecule has 166 valence electrons. The fourth-order valence-corrected chi connectivity index (χ4v) is 4.05. The molecule has 3 atom stereocenters. The second-order valence-corrected chi connectivity index (χ2v) is 7.97. The number of pyridine rings is 1. The first-order valence-electron chi connectivity index (χ1n) is 10.3. The number of aromatic nitrogens is 1. The number of nitrogens with zero attached hydrogens (tertiary/aromatic N) is 2. The standard InChI is InChI=1S/C22H24F3N3O3/c23-22(24,25)20-10-9-14(11-26-20)12-28-13-19(31-18-8-4-2-6-16(18)28)21(30)27-15-5-1-3-7-17(15)29/h2,4,6,8-11,15,17,19,29H,1,3,5,7,12-13H2,(H,27,30)/t15-,17-,19?/m0/s1. The lowest BCUT2D eigenvalue weighted by molar-refractivity contribution is -0.141. The van der Waals surface area contributed by atoms with Crippen molar-refractivity contribution in [3.63, 3.8) is 0 Å². The molecule has 31 heavy (non-hydrogen) atoms. The van der Waals surface area contributed by atoms with Crippen molar-refractivity contribution in [3.05, 3.63) is 53.9 Å². The van der Waals surface area contributed by atoms with Gasteiger partial charge in [0.1, 0.15) is 11.4 Å². The zero-order chi connectivity index (χ0) is 22.0. The van der Waals surface area contributed by atoms with Crippen LogP contribution in [-0.2, 0) is 17.5 Å². The number of para-hydroxylation sites is 2. The normalized spacial score (nSPS) is 23.6. The lowest BCUT2D eigenvalue weighted by Gasteiger charge is -2.37. The van der Waals surface area contributed by atoms with E-state index in [1.807, 2.05) is 17.0 Å². The molecule has 1 aliphatic heterocycles. The smallest absolute Gasteiger partial charge is 0.433 e. The van der Waals surface area contributed by atoms with Gasteiger partial charge in [-0.25, -0.2) is 0 Å². The number of fused-ring (bicyclic) bond motifs is 1. The highest BCUT2D eigenvalue weighted by atomic mass is 19.4. The van der Waals surface area contributed by atoms with Crippen LogP contribution in [0.4, 0.5) is 18.9 Å². The van der Waals surface area contributed by atoms with Crippen molar-refractivity contribution in [3.8, 4) is 5.75 Å². The third kappa shape index (κ3) is 4.92. The molecule has 0 spiro atoms. The lowest BCUT2D eigenvalue weighted by atomic mass is 9.92. The van der Waals surface area contributed by atoms with Gasteiger partial charge in [0.25, 0.3) is 5.91 Å². The van der Waals surface area contributed by atoms with Crippen molar-refractivity contribution >= 4 is 11.6 Å². The van der Waals surface area contributed by atoms with Crippen LogP contribution in [0.15, 0.2) is 42.6 Å². The minimum atomic E-state index is -4.49. The summed E-state index contributed by atoms with van der Waals surface area (Å²) < 4.78 is 44.3. The van der Waals surface area contributed by atoms with Crippen molar-refractivity contribution in [1.29, 1.82) is 0 Å². The number of aliphatic hydroxyl groups is 1. The van der Waals surface area contributed by atoms with Gasteiger partial charge < -0.3 is 20.1 Å². The molecular weight excluding hydrogens is 411 g/mol. The largest absolute Gasteiger partial charge is 0.477 e. The molecule has 2 aliphatic rings. The molecule has 1 aliphatic carbocycles. The molecule has 4 rings (SSSR count). The molecule has 0 bridgehead atoms. The van der Waals surface area contributed by atoms with Crippen LogP contribution >= 0.6 is 0 Å². The van der Waals surface area contributed by atoms with Crippen LogP contribution in [0.2, 0.25) is 0 Å². The highest BCUT2D eigenvalue weighted by Gasteiger charge is 2.34. The molecule has 2 aromatic rings. The zero-order valence-corrected chi connectivity index (χ0v) is 16.8. The summed E-state index contributed by atoms with van der Waals surface area (Å²) in [5.74, 6) is 0.217. The Labute approximate surface area is 178 Å². The van der Waals surface area contributed by atoms with Crippen molar-refractivity contribution < 1.29 is 27.8 Å². The zero-order valence-electron chi connectivity index (χ0n) is 16.8. The fraction of sp³-hybridized carbons (Fsp3) is 0.455. The number of ether oxygens (including phenoxy) is 1.